The van der Waals surface area contributed by atoms with E-state index in [1.165, 1.54) is 12.1 Å². The Morgan fingerprint density at radius 2 is 1.68 bits per heavy atom. The van der Waals surface area contributed by atoms with Crippen LogP contribution in [-0.4, -0.2) is 13.2 Å². The first-order valence-corrected chi connectivity index (χ1v) is 6.50. The molecule has 2 aromatic carbocycles. The van der Waals surface area contributed by atoms with Gasteiger partial charge in [0.1, 0.15) is 30.5 Å². The fraction of sp³-hybridized carbons (Fsp3) is 0.143. The van der Waals surface area contributed by atoms with Crippen LogP contribution in [0.3, 0.4) is 0 Å². The molecule has 3 nitrogen and oxygen atoms in total. The highest BCUT2D eigenvalue weighted by Crippen LogP contribution is 2.25. The maximum atomic E-state index is 13.0. The van der Waals surface area contributed by atoms with Gasteiger partial charge in [-0.15, -0.1) is 0 Å². The number of nitrogens with two attached hydrogens (primary N) is 1. The first-order valence-electron chi connectivity index (χ1n) is 5.71. The SMILES string of the molecule is Nc1ccc(OCCOc2cc(F)ccc2Br)cc1. The van der Waals surface area contributed by atoms with Crippen LogP contribution in [0.4, 0.5) is 10.1 Å². The number of anilines is 1. The molecule has 0 bridgehead atoms. The molecule has 0 heterocycles. The highest BCUT2D eigenvalue weighted by Gasteiger charge is 2.02. The van der Waals surface area contributed by atoms with Gasteiger partial charge in [0, 0.05) is 11.8 Å². The summed E-state index contributed by atoms with van der Waals surface area (Å²) in [5.74, 6) is 0.842. The second kappa shape index (κ2) is 6.43. The lowest BCUT2D eigenvalue weighted by Crippen LogP contribution is -2.09. The van der Waals surface area contributed by atoms with Gasteiger partial charge in [-0.25, -0.2) is 4.39 Å². The van der Waals surface area contributed by atoms with E-state index in [1.54, 1.807) is 30.3 Å². The fourth-order valence-corrected chi connectivity index (χ4v) is 1.82. The summed E-state index contributed by atoms with van der Waals surface area (Å²) < 4.78 is 24.6. The van der Waals surface area contributed by atoms with E-state index in [0.717, 1.165) is 5.75 Å². The first kappa shape index (κ1) is 13.7. The van der Waals surface area contributed by atoms with Crippen LogP contribution in [0.25, 0.3) is 0 Å². The van der Waals surface area contributed by atoms with Crippen LogP contribution in [0.2, 0.25) is 0 Å². The summed E-state index contributed by atoms with van der Waals surface area (Å²) in [6.45, 7) is 0.694. The predicted octanol–water partition coefficient (Wildman–Crippen LogP) is 3.63. The second-order valence-corrected chi connectivity index (χ2v) is 4.70. The molecule has 0 spiro atoms. The van der Waals surface area contributed by atoms with Crippen molar-refractivity contribution < 1.29 is 13.9 Å². The monoisotopic (exact) mass is 325 g/mol. The maximum Gasteiger partial charge on any atom is 0.136 e. The van der Waals surface area contributed by atoms with Gasteiger partial charge >= 0.3 is 0 Å². The summed E-state index contributed by atoms with van der Waals surface area (Å²) in [5.41, 5.74) is 6.25. The molecule has 2 aromatic rings. The Bertz CT molecular complexity index is 546. The summed E-state index contributed by atoms with van der Waals surface area (Å²) in [4.78, 5) is 0. The van der Waals surface area contributed by atoms with E-state index in [1.807, 2.05) is 0 Å². The molecule has 0 radical (unpaired) electrons. The van der Waals surface area contributed by atoms with E-state index >= 15 is 0 Å². The zero-order valence-corrected chi connectivity index (χ0v) is 11.7. The summed E-state index contributed by atoms with van der Waals surface area (Å²) in [7, 11) is 0. The van der Waals surface area contributed by atoms with Crippen molar-refractivity contribution in [3.63, 3.8) is 0 Å². The first-order chi connectivity index (χ1) is 9.15. The maximum absolute atomic E-state index is 13.0. The van der Waals surface area contributed by atoms with Crippen molar-refractivity contribution in [2.75, 3.05) is 18.9 Å². The molecule has 0 amide bonds. The highest BCUT2D eigenvalue weighted by molar-refractivity contribution is 9.10. The third-order valence-electron chi connectivity index (χ3n) is 2.38. The number of hydrogen-bond acceptors (Lipinski definition) is 3. The van der Waals surface area contributed by atoms with Crippen molar-refractivity contribution in [2.24, 2.45) is 0 Å². The zero-order chi connectivity index (χ0) is 13.7. The molecule has 0 aromatic heterocycles. The van der Waals surface area contributed by atoms with Crippen molar-refractivity contribution >= 4 is 21.6 Å². The minimum atomic E-state index is -0.336. The summed E-state index contributed by atoms with van der Waals surface area (Å²) in [6, 6.07) is 11.4. The van der Waals surface area contributed by atoms with Crippen molar-refractivity contribution in [3.05, 3.63) is 52.8 Å². The molecular formula is C14H13BrFNO2. The van der Waals surface area contributed by atoms with E-state index in [2.05, 4.69) is 15.9 Å². The quantitative estimate of drug-likeness (QED) is 0.674. The topological polar surface area (TPSA) is 44.5 Å². The third kappa shape index (κ3) is 4.13. The minimum absolute atomic E-state index is 0.326. The van der Waals surface area contributed by atoms with Gasteiger partial charge < -0.3 is 15.2 Å². The van der Waals surface area contributed by atoms with Gasteiger partial charge in [0.25, 0.3) is 0 Å². The molecule has 0 saturated carbocycles. The lowest BCUT2D eigenvalue weighted by atomic mass is 10.3. The molecule has 0 saturated heterocycles. The molecular weight excluding hydrogens is 313 g/mol. The fourth-order valence-electron chi connectivity index (χ4n) is 1.46. The predicted molar refractivity (Wildman–Crippen MR) is 75.9 cm³/mol. The Morgan fingerprint density at radius 3 is 2.42 bits per heavy atom. The number of halogens is 2. The average molecular weight is 326 g/mol. The molecule has 0 aliphatic carbocycles. The molecule has 0 fully saturated rings. The highest BCUT2D eigenvalue weighted by atomic mass is 79.9. The van der Waals surface area contributed by atoms with Crippen molar-refractivity contribution in [1.82, 2.24) is 0 Å². The Hall–Kier alpha value is -1.75. The van der Waals surface area contributed by atoms with E-state index < -0.39 is 0 Å². The van der Waals surface area contributed by atoms with Crippen LogP contribution in [0.15, 0.2) is 46.9 Å². The minimum Gasteiger partial charge on any atom is -0.490 e. The Balaban J connectivity index is 1.80. The van der Waals surface area contributed by atoms with Gasteiger partial charge in [-0.2, -0.15) is 0 Å². The van der Waals surface area contributed by atoms with Crippen LogP contribution in [0.1, 0.15) is 0 Å². The zero-order valence-electron chi connectivity index (χ0n) is 10.1. The average Bonchev–Trinajstić information content (AvgIpc) is 2.40. The molecule has 0 aliphatic rings. The van der Waals surface area contributed by atoms with Crippen LogP contribution in [0, 0.1) is 5.82 Å². The smallest absolute Gasteiger partial charge is 0.136 e. The third-order valence-corrected chi connectivity index (χ3v) is 3.04. The van der Waals surface area contributed by atoms with E-state index in [9.17, 15) is 4.39 Å². The Morgan fingerprint density at radius 1 is 1.00 bits per heavy atom. The van der Waals surface area contributed by atoms with Gasteiger partial charge in [0.15, 0.2) is 0 Å². The lowest BCUT2D eigenvalue weighted by molar-refractivity contribution is 0.216. The van der Waals surface area contributed by atoms with Crippen LogP contribution in [0.5, 0.6) is 11.5 Å². The van der Waals surface area contributed by atoms with Crippen molar-refractivity contribution in [2.45, 2.75) is 0 Å². The van der Waals surface area contributed by atoms with Gasteiger partial charge in [-0.3, -0.25) is 0 Å². The summed E-state index contributed by atoms with van der Waals surface area (Å²) >= 11 is 3.29. The van der Waals surface area contributed by atoms with E-state index in [4.69, 9.17) is 15.2 Å². The Kier molecular flexibility index (Phi) is 4.63. The van der Waals surface area contributed by atoms with E-state index in [-0.39, 0.29) is 5.82 Å². The van der Waals surface area contributed by atoms with Gasteiger partial charge in [0.05, 0.1) is 4.47 Å². The van der Waals surface area contributed by atoms with Gasteiger partial charge in [0.2, 0.25) is 0 Å². The lowest BCUT2D eigenvalue weighted by Gasteiger charge is -2.09. The molecule has 2 rings (SSSR count). The number of hydrogen-bond donors (Lipinski definition) is 1. The van der Waals surface area contributed by atoms with Crippen molar-refractivity contribution in [3.8, 4) is 11.5 Å². The van der Waals surface area contributed by atoms with Crippen LogP contribution >= 0.6 is 15.9 Å². The normalized spacial score (nSPS) is 10.2. The Labute approximate surface area is 119 Å². The molecule has 0 unspecified atom stereocenters. The molecule has 2 N–H and O–H groups in total. The van der Waals surface area contributed by atoms with Crippen LogP contribution < -0.4 is 15.2 Å². The molecule has 0 aliphatic heterocycles. The summed E-state index contributed by atoms with van der Waals surface area (Å²) in [6.07, 6.45) is 0. The van der Waals surface area contributed by atoms with Crippen molar-refractivity contribution in [1.29, 1.82) is 0 Å². The molecule has 19 heavy (non-hydrogen) atoms. The van der Waals surface area contributed by atoms with E-state index in [0.29, 0.717) is 29.1 Å². The number of ether oxygens (including phenoxy) is 2. The summed E-state index contributed by atoms with van der Waals surface area (Å²) in [5, 5.41) is 0. The molecule has 0 atom stereocenters. The molecule has 5 heteroatoms. The molecule has 100 valence electrons. The van der Waals surface area contributed by atoms with Gasteiger partial charge in [-0.1, -0.05) is 0 Å². The van der Waals surface area contributed by atoms with Crippen LogP contribution in [-0.2, 0) is 0 Å². The number of nitrogen functional groups attached to an aromatic ring is 1. The largest absolute Gasteiger partial charge is 0.490 e. The number of benzene rings is 2. The second-order valence-electron chi connectivity index (χ2n) is 3.84. The van der Waals surface area contributed by atoms with Gasteiger partial charge in [-0.05, 0) is 52.3 Å². The number of rotatable bonds is 5. The standard InChI is InChI=1S/C14H13BrFNO2/c15-13-6-1-10(16)9-14(13)19-8-7-18-12-4-2-11(17)3-5-12/h1-6,9H,7-8,17H2.